The molecule has 0 saturated heterocycles. The zero-order valence-corrected chi connectivity index (χ0v) is 14.9. The number of alkyl halides is 3. The van der Waals surface area contributed by atoms with Crippen LogP contribution >= 0.6 is 0 Å². The number of aryl methyl sites for hydroxylation is 1. The fraction of sp³-hybridized carbons (Fsp3) is 0.235. The Morgan fingerprint density at radius 2 is 1.72 bits per heavy atom. The fourth-order valence-electron chi connectivity index (χ4n) is 2.39. The molecule has 1 amide bonds. The summed E-state index contributed by atoms with van der Waals surface area (Å²) in [7, 11) is 0. The molecule has 0 aromatic heterocycles. The van der Waals surface area contributed by atoms with E-state index in [2.05, 4.69) is 10.6 Å². The topological polar surface area (TPSA) is 127 Å². The van der Waals surface area contributed by atoms with Crippen molar-refractivity contribution < 1.29 is 27.8 Å². The van der Waals surface area contributed by atoms with Crippen LogP contribution in [0.4, 0.5) is 35.9 Å². The maximum Gasteiger partial charge on any atom is 0.416 e. The molecule has 2 rings (SSSR count). The molecule has 0 fully saturated rings. The van der Waals surface area contributed by atoms with E-state index in [4.69, 9.17) is 0 Å². The van der Waals surface area contributed by atoms with Crippen molar-refractivity contribution in [3.8, 4) is 0 Å². The Balaban J connectivity index is 2.03. The summed E-state index contributed by atoms with van der Waals surface area (Å²) in [6, 6.07) is 5.98. The van der Waals surface area contributed by atoms with Gasteiger partial charge in [-0.1, -0.05) is 6.07 Å². The first-order valence-corrected chi connectivity index (χ1v) is 8.13. The number of rotatable bonds is 7. The van der Waals surface area contributed by atoms with Crippen molar-refractivity contribution >= 4 is 28.7 Å². The Kier molecular flexibility index (Phi) is 6.36. The number of hydrogen-bond donors (Lipinski definition) is 2. The molecule has 0 aliphatic heterocycles. The van der Waals surface area contributed by atoms with Gasteiger partial charge < -0.3 is 10.6 Å². The number of nitrogens with one attached hydrogen (secondary N) is 2. The molecule has 0 spiro atoms. The number of nitro groups is 2. The van der Waals surface area contributed by atoms with E-state index in [-0.39, 0.29) is 30.0 Å². The second-order valence-electron chi connectivity index (χ2n) is 5.97. The summed E-state index contributed by atoms with van der Waals surface area (Å²) in [5, 5.41) is 26.9. The van der Waals surface area contributed by atoms with E-state index in [1.54, 1.807) is 6.92 Å². The summed E-state index contributed by atoms with van der Waals surface area (Å²) in [6.07, 6.45) is -4.90. The van der Waals surface area contributed by atoms with Crippen LogP contribution in [0.2, 0.25) is 0 Å². The lowest BCUT2D eigenvalue weighted by molar-refractivity contribution is -0.384. The van der Waals surface area contributed by atoms with Gasteiger partial charge in [-0.3, -0.25) is 25.0 Å². The number of nitrogens with zero attached hydrogens (tertiary/aromatic N) is 2. The second-order valence-corrected chi connectivity index (χ2v) is 5.97. The molecule has 0 bridgehead atoms. The fourth-order valence-corrected chi connectivity index (χ4v) is 2.39. The lowest BCUT2D eigenvalue weighted by atomic mass is 10.1. The van der Waals surface area contributed by atoms with Gasteiger partial charge in [-0.2, -0.15) is 13.2 Å². The number of nitro benzene ring substituents is 2. The van der Waals surface area contributed by atoms with Gasteiger partial charge in [-0.25, -0.2) is 0 Å². The minimum atomic E-state index is -4.72. The van der Waals surface area contributed by atoms with Crippen LogP contribution in [-0.4, -0.2) is 22.3 Å². The largest absolute Gasteiger partial charge is 0.416 e. The van der Waals surface area contributed by atoms with E-state index in [1.807, 2.05) is 0 Å². The van der Waals surface area contributed by atoms with Crippen LogP contribution in [-0.2, 0) is 11.0 Å². The normalized spacial score (nSPS) is 11.0. The lowest BCUT2D eigenvalue weighted by Crippen LogP contribution is -2.17. The average molecular weight is 412 g/mol. The highest BCUT2D eigenvalue weighted by Crippen LogP contribution is 2.35. The van der Waals surface area contributed by atoms with Crippen molar-refractivity contribution in [2.24, 2.45) is 0 Å². The van der Waals surface area contributed by atoms with Crippen molar-refractivity contribution in [3.63, 3.8) is 0 Å². The van der Waals surface area contributed by atoms with Crippen LogP contribution < -0.4 is 10.6 Å². The van der Waals surface area contributed by atoms with Gasteiger partial charge >= 0.3 is 6.18 Å². The molecule has 0 aliphatic carbocycles. The Morgan fingerprint density at radius 1 is 1.03 bits per heavy atom. The molecule has 154 valence electrons. The Labute approximate surface area is 161 Å². The van der Waals surface area contributed by atoms with Gasteiger partial charge in [0.25, 0.3) is 11.4 Å². The highest BCUT2D eigenvalue weighted by molar-refractivity contribution is 5.92. The minimum absolute atomic E-state index is 0.105. The van der Waals surface area contributed by atoms with Crippen molar-refractivity contribution in [2.75, 3.05) is 17.2 Å². The molecule has 29 heavy (non-hydrogen) atoms. The number of carbonyl (C=O) groups excluding carboxylic acids is 1. The van der Waals surface area contributed by atoms with E-state index in [0.717, 1.165) is 6.07 Å². The maximum absolute atomic E-state index is 12.7. The van der Waals surface area contributed by atoms with Gasteiger partial charge in [0.15, 0.2) is 0 Å². The highest BCUT2D eigenvalue weighted by Gasteiger charge is 2.33. The minimum Gasteiger partial charge on any atom is -0.379 e. The first-order chi connectivity index (χ1) is 13.5. The summed E-state index contributed by atoms with van der Waals surface area (Å²) in [6.45, 7) is 1.54. The number of hydrogen-bond acceptors (Lipinski definition) is 6. The predicted octanol–water partition coefficient (Wildman–Crippen LogP) is 4.27. The molecule has 0 saturated carbocycles. The number of amides is 1. The molecule has 0 unspecified atom stereocenters. The number of non-ortho nitro benzene ring substituents is 1. The molecule has 0 aliphatic rings. The summed E-state index contributed by atoms with van der Waals surface area (Å²) in [5.41, 5.74) is -1.46. The van der Waals surface area contributed by atoms with Crippen molar-refractivity contribution in [2.45, 2.75) is 19.5 Å². The third-order valence-electron chi connectivity index (χ3n) is 3.90. The third-order valence-corrected chi connectivity index (χ3v) is 3.90. The van der Waals surface area contributed by atoms with Gasteiger partial charge in [-0.05, 0) is 24.6 Å². The molecular formula is C17H15F3N4O5. The van der Waals surface area contributed by atoms with E-state index < -0.39 is 33.2 Å². The molecule has 9 nitrogen and oxygen atoms in total. The van der Waals surface area contributed by atoms with Gasteiger partial charge in [0.1, 0.15) is 5.69 Å². The first-order valence-electron chi connectivity index (χ1n) is 8.13. The summed E-state index contributed by atoms with van der Waals surface area (Å²) in [5.74, 6) is -0.532. The summed E-state index contributed by atoms with van der Waals surface area (Å²) in [4.78, 5) is 32.3. The van der Waals surface area contributed by atoms with Crippen LogP contribution in [0.3, 0.4) is 0 Å². The number of halogens is 3. The van der Waals surface area contributed by atoms with E-state index in [0.29, 0.717) is 17.7 Å². The summed E-state index contributed by atoms with van der Waals surface area (Å²) < 4.78 is 38.1. The Morgan fingerprint density at radius 3 is 2.31 bits per heavy atom. The van der Waals surface area contributed by atoms with Gasteiger partial charge in [0.05, 0.1) is 21.1 Å². The summed E-state index contributed by atoms with van der Waals surface area (Å²) >= 11 is 0. The third kappa shape index (κ3) is 5.64. The van der Waals surface area contributed by atoms with E-state index in [1.165, 1.54) is 18.2 Å². The zero-order chi connectivity index (χ0) is 21.8. The number of carbonyl (C=O) groups is 1. The Bertz CT molecular complexity index is 963. The van der Waals surface area contributed by atoms with Crippen LogP contribution in [0.1, 0.15) is 17.5 Å². The molecule has 0 radical (unpaired) electrons. The zero-order valence-electron chi connectivity index (χ0n) is 14.9. The number of anilines is 2. The van der Waals surface area contributed by atoms with Crippen molar-refractivity contribution in [3.05, 3.63) is 67.8 Å². The Hall–Kier alpha value is -3.70. The van der Waals surface area contributed by atoms with Gasteiger partial charge in [-0.15, -0.1) is 0 Å². The van der Waals surface area contributed by atoms with Gasteiger partial charge in [0, 0.05) is 31.2 Å². The molecule has 0 atom stereocenters. The van der Waals surface area contributed by atoms with Crippen molar-refractivity contribution in [1.82, 2.24) is 0 Å². The maximum atomic E-state index is 12.7. The smallest absolute Gasteiger partial charge is 0.379 e. The highest BCUT2D eigenvalue weighted by atomic mass is 19.4. The van der Waals surface area contributed by atoms with E-state index >= 15 is 0 Å². The van der Waals surface area contributed by atoms with Crippen LogP contribution in [0.15, 0.2) is 36.4 Å². The first kappa shape index (κ1) is 21.6. The standard InChI is InChI=1S/C17H15F3N4O5/c1-10-2-4-12(23(26)27)9-14(10)22-16(25)6-7-21-13-5-3-11(17(18,19)20)8-15(13)24(28)29/h2-5,8-9,21H,6-7H2,1H3,(H,22,25). The molecule has 0 heterocycles. The molecule has 2 aromatic rings. The monoisotopic (exact) mass is 412 g/mol. The molecule has 2 aromatic carbocycles. The SMILES string of the molecule is Cc1ccc([N+](=O)[O-])cc1NC(=O)CCNc1ccc(C(F)(F)F)cc1[N+](=O)[O-]. The molecule has 2 N–H and O–H groups in total. The van der Waals surface area contributed by atoms with Crippen LogP contribution in [0, 0.1) is 27.2 Å². The molecular weight excluding hydrogens is 397 g/mol. The predicted molar refractivity (Wildman–Crippen MR) is 97.7 cm³/mol. The number of benzene rings is 2. The second kappa shape index (κ2) is 8.54. The van der Waals surface area contributed by atoms with Crippen LogP contribution in [0.25, 0.3) is 0 Å². The van der Waals surface area contributed by atoms with Crippen molar-refractivity contribution in [1.29, 1.82) is 0 Å². The lowest BCUT2D eigenvalue weighted by Gasteiger charge is -2.11. The average Bonchev–Trinajstić information content (AvgIpc) is 2.62. The van der Waals surface area contributed by atoms with E-state index in [9.17, 15) is 38.2 Å². The van der Waals surface area contributed by atoms with Gasteiger partial charge in [0.2, 0.25) is 5.91 Å². The quantitative estimate of drug-likeness (QED) is 0.516. The molecule has 12 heteroatoms. The van der Waals surface area contributed by atoms with Crippen LogP contribution in [0.5, 0.6) is 0 Å².